The second-order valence-corrected chi connectivity index (χ2v) is 4.82. The topological polar surface area (TPSA) is 49.8 Å². The fraction of sp³-hybridized carbons (Fsp3) is 0.133. The second-order valence-electron chi connectivity index (χ2n) is 4.42. The Morgan fingerprint density at radius 2 is 1.90 bits per heavy atom. The quantitative estimate of drug-likeness (QED) is 0.928. The van der Waals surface area contributed by atoms with Crippen molar-refractivity contribution in [2.45, 2.75) is 0 Å². The Bertz CT molecular complexity index is 641. The lowest BCUT2D eigenvalue weighted by Crippen LogP contribution is -2.08. The van der Waals surface area contributed by atoms with Crippen molar-refractivity contribution in [2.24, 2.45) is 0 Å². The Hall–Kier alpha value is -2.20. The second kappa shape index (κ2) is 5.84. The molecule has 0 fully saturated rings. The van der Waals surface area contributed by atoms with Crippen LogP contribution in [0.15, 0.2) is 42.5 Å². The van der Waals surface area contributed by atoms with Crippen LogP contribution in [0, 0.1) is 0 Å². The number of carboxylic acids is 1. The molecule has 0 saturated heterocycles. The molecule has 0 aliphatic heterocycles. The highest BCUT2D eigenvalue weighted by atomic mass is 35.5. The third kappa shape index (κ3) is 3.03. The molecule has 0 amide bonds. The predicted molar refractivity (Wildman–Crippen MR) is 79.3 cm³/mol. The molecule has 4 nitrogen and oxygen atoms in total. The Balaban J connectivity index is 2.40. The van der Waals surface area contributed by atoms with E-state index >= 15 is 0 Å². The molecule has 0 unspecified atom stereocenters. The van der Waals surface area contributed by atoms with Crippen LogP contribution >= 0.6 is 11.6 Å². The van der Waals surface area contributed by atoms with E-state index in [0.717, 1.165) is 5.69 Å². The summed E-state index contributed by atoms with van der Waals surface area (Å²) in [7, 11) is 3.83. The number of rotatable bonds is 4. The van der Waals surface area contributed by atoms with E-state index in [-0.39, 0.29) is 16.3 Å². The minimum atomic E-state index is -1.08. The van der Waals surface area contributed by atoms with Crippen molar-refractivity contribution >= 4 is 23.3 Å². The molecule has 1 N–H and O–H groups in total. The van der Waals surface area contributed by atoms with E-state index in [9.17, 15) is 4.79 Å². The summed E-state index contributed by atoms with van der Waals surface area (Å²) in [4.78, 5) is 13.1. The van der Waals surface area contributed by atoms with Crippen molar-refractivity contribution < 1.29 is 14.6 Å². The van der Waals surface area contributed by atoms with Gasteiger partial charge < -0.3 is 14.7 Å². The van der Waals surface area contributed by atoms with E-state index in [0.29, 0.717) is 5.75 Å². The fourth-order valence-corrected chi connectivity index (χ4v) is 1.94. The maximum Gasteiger partial charge on any atom is 0.339 e. The standard InChI is InChI=1S/C15H14ClNO3/c1-17(2)10-5-3-6-11(9-10)20-14-12(15(18)19)7-4-8-13(14)16/h3-9H,1-2H3,(H,18,19). The molecule has 0 radical (unpaired) electrons. The van der Waals surface area contributed by atoms with Crippen LogP contribution in [0.4, 0.5) is 5.69 Å². The summed E-state index contributed by atoms with van der Waals surface area (Å²) in [5, 5.41) is 9.43. The SMILES string of the molecule is CN(C)c1cccc(Oc2c(Cl)cccc2C(=O)O)c1. The Labute approximate surface area is 122 Å². The molecule has 20 heavy (non-hydrogen) atoms. The zero-order valence-corrected chi connectivity index (χ0v) is 11.9. The van der Waals surface area contributed by atoms with Crippen LogP contribution in [0.3, 0.4) is 0 Å². The van der Waals surface area contributed by atoms with E-state index in [1.54, 1.807) is 18.2 Å². The first-order chi connectivity index (χ1) is 9.49. The van der Waals surface area contributed by atoms with Gasteiger partial charge in [-0.1, -0.05) is 23.7 Å². The maximum absolute atomic E-state index is 11.2. The van der Waals surface area contributed by atoms with Crippen molar-refractivity contribution in [3.05, 3.63) is 53.1 Å². The highest BCUT2D eigenvalue weighted by molar-refractivity contribution is 6.32. The number of para-hydroxylation sites is 1. The zero-order chi connectivity index (χ0) is 14.7. The highest BCUT2D eigenvalue weighted by Crippen LogP contribution is 2.34. The van der Waals surface area contributed by atoms with Crippen LogP contribution in [-0.4, -0.2) is 25.2 Å². The van der Waals surface area contributed by atoms with Crippen LogP contribution in [0.5, 0.6) is 11.5 Å². The van der Waals surface area contributed by atoms with Crippen LogP contribution in [0.2, 0.25) is 5.02 Å². The number of nitrogens with zero attached hydrogens (tertiary/aromatic N) is 1. The van der Waals surface area contributed by atoms with E-state index in [2.05, 4.69) is 0 Å². The van der Waals surface area contributed by atoms with Crippen molar-refractivity contribution in [2.75, 3.05) is 19.0 Å². The van der Waals surface area contributed by atoms with Crippen molar-refractivity contribution in [3.8, 4) is 11.5 Å². The van der Waals surface area contributed by atoms with Gasteiger partial charge in [0.25, 0.3) is 0 Å². The lowest BCUT2D eigenvalue weighted by Gasteiger charge is -2.15. The summed E-state index contributed by atoms with van der Waals surface area (Å²) in [6, 6.07) is 12.0. The van der Waals surface area contributed by atoms with E-state index in [1.165, 1.54) is 6.07 Å². The van der Waals surface area contributed by atoms with Crippen LogP contribution in [-0.2, 0) is 0 Å². The van der Waals surface area contributed by atoms with Gasteiger partial charge in [0.15, 0.2) is 5.75 Å². The van der Waals surface area contributed by atoms with Gasteiger partial charge in [-0.05, 0) is 24.3 Å². The number of halogens is 1. The number of hydrogen-bond acceptors (Lipinski definition) is 3. The van der Waals surface area contributed by atoms with Crippen molar-refractivity contribution in [1.29, 1.82) is 0 Å². The molecule has 0 saturated carbocycles. The van der Waals surface area contributed by atoms with E-state index in [1.807, 2.05) is 37.2 Å². The number of aromatic carboxylic acids is 1. The summed E-state index contributed by atoms with van der Waals surface area (Å²) >= 11 is 6.03. The molecule has 0 atom stereocenters. The van der Waals surface area contributed by atoms with Gasteiger partial charge >= 0.3 is 5.97 Å². The van der Waals surface area contributed by atoms with Crippen molar-refractivity contribution in [1.82, 2.24) is 0 Å². The number of hydrogen-bond donors (Lipinski definition) is 1. The molecule has 104 valence electrons. The molecule has 0 heterocycles. The number of anilines is 1. The first kappa shape index (κ1) is 14.2. The van der Waals surface area contributed by atoms with Gasteiger partial charge in [-0.2, -0.15) is 0 Å². The number of benzene rings is 2. The first-order valence-electron chi connectivity index (χ1n) is 5.96. The van der Waals surface area contributed by atoms with Gasteiger partial charge in [-0.3, -0.25) is 0 Å². The van der Waals surface area contributed by atoms with E-state index < -0.39 is 5.97 Å². The largest absolute Gasteiger partial charge is 0.478 e. The van der Waals surface area contributed by atoms with Crippen molar-refractivity contribution in [3.63, 3.8) is 0 Å². The average Bonchev–Trinajstić information content (AvgIpc) is 2.41. The monoisotopic (exact) mass is 291 g/mol. The molecule has 0 bridgehead atoms. The van der Waals surface area contributed by atoms with E-state index in [4.69, 9.17) is 21.4 Å². The van der Waals surface area contributed by atoms with Crippen LogP contribution in [0.1, 0.15) is 10.4 Å². The van der Waals surface area contributed by atoms with Crippen LogP contribution < -0.4 is 9.64 Å². The number of ether oxygens (including phenoxy) is 1. The van der Waals surface area contributed by atoms with Gasteiger partial charge in [0, 0.05) is 25.8 Å². The molecule has 0 aliphatic rings. The van der Waals surface area contributed by atoms with Gasteiger partial charge in [-0.25, -0.2) is 4.79 Å². The normalized spacial score (nSPS) is 10.2. The smallest absolute Gasteiger partial charge is 0.339 e. The molecule has 0 aliphatic carbocycles. The van der Waals surface area contributed by atoms with Gasteiger partial charge in [0.05, 0.1) is 5.02 Å². The lowest BCUT2D eigenvalue weighted by atomic mass is 10.2. The summed E-state index contributed by atoms with van der Waals surface area (Å²) in [5.74, 6) is -0.393. The van der Waals surface area contributed by atoms with Crippen LogP contribution in [0.25, 0.3) is 0 Å². The first-order valence-corrected chi connectivity index (χ1v) is 6.34. The number of carbonyl (C=O) groups is 1. The predicted octanol–water partition coefficient (Wildman–Crippen LogP) is 3.90. The Morgan fingerprint density at radius 1 is 1.20 bits per heavy atom. The summed E-state index contributed by atoms with van der Waals surface area (Å²) in [6.45, 7) is 0. The van der Waals surface area contributed by atoms with Gasteiger partial charge in [0.1, 0.15) is 11.3 Å². The molecule has 2 aromatic rings. The zero-order valence-electron chi connectivity index (χ0n) is 11.1. The molecule has 2 aromatic carbocycles. The third-order valence-corrected chi connectivity index (χ3v) is 3.05. The molecule has 0 aromatic heterocycles. The lowest BCUT2D eigenvalue weighted by molar-refractivity contribution is 0.0694. The molecule has 0 spiro atoms. The Morgan fingerprint density at radius 3 is 2.55 bits per heavy atom. The third-order valence-electron chi connectivity index (χ3n) is 2.75. The average molecular weight is 292 g/mol. The molecular weight excluding hydrogens is 278 g/mol. The Kier molecular flexibility index (Phi) is 4.15. The fourth-order valence-electron chi connectivity index (χ4n) is 1.72. The minimum absolute atomic E-state index is 0.0350. The van der Waals surface area contributed by atoms with Gasteiger partial charge in [-0.15, -0.1) is 0 Å². The van der Waals surface area contributed by atoms with Gasteiger partial charge in [0.2, 0.25) is 0 Å². The summed E-state index contributed by atoms with van der Waals surface area (Å²) in [6.07, 6.45) is 0. The molecular formula is C15H14ClNO3. The number of carboxylic acid groups (broad SMARTS) is 1. The summed E-state index contributed by atoms with van der Waals surface area (Å²) in [5.41, 5.74) is 0.985. The highest BCUT2D eigenvalue weighted by Gasteiger charge is 2.15. The maximum atomic E-state index is 11.2. The minimum Gasteiger partial charge on any atom is -0.478 e. The molecule has 5 heteroatoms. The summed E-state index contributed by atoms with van der Waals surface area (Å²) < 4.78 is 5.65. The molecule has 2 rings (SSSR count).